The molecular weight excluding hydrogens is 466 g/mol. The van der Waals surface area contributed by atoms with E-state index in [4.69, 9.17) is 18.9 Å². The van der Waals surface area contributed by atoms with Gasteiger partial charge < -0.3 is 23.5 Å². The highest BCUT2D eigenvalue weighted by Crippen LogP contribution is 2.38. The van der Waals surface area contributed by atoms with E-state index in [0.29, 0.717) is 32.1 Å². The van der Waals surface area contributed by atoms with Crippen LogP contribution in [0.1, 0.15) is 25.8 Å². The second kappa shape index (κ2) is 12.1. The fourth-order valence-corrected chi connectivity index (χ4v) is 4.60. The highest BCUT2D eigenvalue weighted by Gasteiger charge is 2.43. The zero-order chi connectivity index (χ0) is 24.5. The fourth-order valence-electron chi connectivity index (χ4n) is 3.73. The molecule has 1 amide bonds. The Hall–Kier alpha value is -3.01. The average Bonchev–Trinajstić information content (AvgIpc) is 3.54. The number of nitrogens with one attached hydrogen (secondary N) is 1. The predicted molar refractivity (Wildman–Crippen MR) is 135 cm³/mol. The molecule has 1 aromatic heterocycles. The number of hydrogen-bond donors (Lipinski definition) is 1. The van der Waals surface area contributed by atoms with Crippen LogP contribution >= 0.6 is 11.8 Å². The van der Waals surface area contributed by atoms with Crippen molar-refractivity contribution in [2.75, 3.05) is 30.9 Å². The third-order valence-electron chi connectivity index (χ3n) is 5.39. The van der Waals surface area contributed by atoms with Crippen molar-refractivity contribution >= 4 is 23.5 Å². The number of ether oxygens (including phenoxy) is 4. The summed E-state index contributed by atoms with van der Waals surface area (Å²) < 4.78 is 25.5. The minimum atomic E-state index is -0.900. The van der Waals surface area contributed by atoms with Crippen LogP contribution in [0, 0.1) is 0 Å². The van der Waals surface area contributed by atoms with Gasteiger partial charge in [0.05, 0.1) is 38.8 Å². The van der Waals surface area contributed by atoms with Gasteiger partial charge in [-0.1, -0.05) is 6.92 Å². The van der Waals surface area contributed by atoms with Gasteiger partial charge in [0.1, 0.15) is 5.75 Å². The molecule has 3 aromatic rings. The number of aromatic nitrogens is 2. The Morgan fingerprint density at radius 3 is 2.69 bits per heavy atom. The minimum Gasteiger partial charge on any atom is -0.494 e. The number of imidazole rings is 1. The minimum absolute atomic E-state index is 0.0862. The molecule has 0 bridgehead atoms. The van der Waals surface area contributed by atoms with Crippen LogP contribution in [0.4, 0.5) is 10.5 Å². The molecule has 4 rings (SSSR count). The Balaban J connectivity index is 1.39. The van der Waals surface area contributed by atoms with Gasteiger partial charge >= 0.3 is 6.09 Å². The predicted octanol–water partition coefficient (Wildman–Crippen LogP) is 5.30. The van der Waals surface area contributed by atoms with E-state index >= 15 is 0 Å². The lowest BCUT2D eigenvalue weighted by atomic mass is 10.1. The zero-order valence-corrected chi connectivity index (χ0v) is 20.8. The summed E-state index contributed by atoms with van der Waals surface area (Å²) in [6.07, 6.45) is 5.84. The highest BCUT2D eigenvalue weighted by atomic mass is 32.2. The van der Waals surface area contributed by atoms with Gasteiger partial charge in [-0.05, 0) is 61.9 Å². The largest absolute Gasteiger partial charge is 0.494 e. The maximum Gasteiger partial charge on any atom is 0.411 e. The second-order valence-corrected chi connectivity index (χ2v) is 9.19. The van der Waals surface area contributed by atoms with Crippen molar-refractivity contribution in [3.05, 3.63) is 72.8 Å². The van der Waals surface area contributed by atoms with E-state index < -0.39 is 11.9 Å². The van der Waals surface area contributed by atoms with Crippen LogP contribution in [0.15, 0.2) is 72.1 Å². The molecule has 9 heteroatoms. The van der Waals surface area contributed by atoms with Crippen molar-refractivity contribution in [3.8, 4) is 5.75 Å². The molecule has 1 aliphatic heterocycles. The lowest BCUT2D eigenvalue weighted by Crippen LogP contribution is -2.33. The first-order valence-corrected chi connectivity index (χ1v) is 12.8. The number of nitrogens with zero attached hydrogens (tertiary/aromatic N) is 2. The van der Waals surface area contributed by atoms with E-state index in [1.54, 1.807) is 31.2 Å². The van der Waals surface area contributed by atoms with Crippen LogP contribution < -0.4 is 10.1 Å². The van der Waals surface area contributed by atoms with Crippen LogP contribution in [0.25, 0.3) is 0 Å². The number of hydrogen-bond acceptors (Lipinski definition) is 7. The van der Waals surface area contributed by atoms with Crippen LogP contribution in [-0.4, -0.2) is 47.3 Å². The Labute approximate surface area is 209 Å². The van der Waals surface area contributed by atoms with Crippen molar-refractivity contribution < 1.29 is 23.7 Å². The number of anilines is 1. The molecule has 1 saturated heterocycles. The molecule has 186 valence electrons. The fraction of sp³-hybridized carbons (Fsp3) is 0.385. The van der Waals surface area contributed by atoms with E-state index in [9.17, 15) is 4.79 Å². The van der Waals surface area contributed by atoms with Gasteiger partial charge in [-0.15, -0.1) is 11.8 Å². The van der Waals surface area contributed by atoms with Crippen LogP contribution in [0.2, 0.25) is 0 Å². The van der Waals surface area contributed by atoms with Gasteiger partial charge in [-0.2, -0.15) is 0 Å². The number of carbonyl (C=O) groups excluding carboxylic acids is 1. The molecule has 1 N–H and O–H groups in total. The van der Waals surface area contributed by atoms with Crippen molar-refractivity contribution in [3.63, 3.8) is 0 Å². The quantitative estimate of drug-likeness (QED) is 0.360. The Morgan fingerprint density at radius 2 is 2.00 bits per heavy atom. The zero-order valence-electron chi connectivity index (χ0n) is 20.0. The summed E-state index contributed by atoms with van der Waals surface area (Å²) in [5.74, 6) is 0.663. The molecule has 0 aliphatic carbocycles. The standard InChI is InChI=1S/C26H31N3O5S/c1-3-15-32-22-9-5-20(6-10-22)26(18-29-14-13-27-19-29)33-16-23(34-26)17-35-24-11-7-21(8-12-24)28-25(30)31-4-2/h5-14,19,23H,3-4,15-18H2,1-2H3,(H,28,30). The van der Waals surface area contributed by atoms with E-state index in [-0.39, 0.29) is 6.10 Å². The maximum absolute atomic E-state index is 11.6. The summed E-state index contributed by atoms with van der Waals surface area (Å²) in [5.41, 5.74) is 1.64. The number of thioether (sulfide) groups is 1. The summed E-state index contributed by atoms with van der Waals surface area (Å²) in [6.45, 7) is 5.86. The molecule has 1 fully saturated rings. The molecule has 8 nitrogen and oxygen atoms in total. The van der Waals surface area contributed by atoms with Crippen LogP contribution in [-0.2, 0) is 26.5 Å². The molecule has 35 heavy (non-hydrogen) atoms. The Kier molecular flexibility index (Phi) is 8.68. The number of rotatable bonds is 11. The normalized spacial score (nSPS) is 19.4. The van der Waals surface area contributed by atoms with Gasteiger partial charge in [0.2, 0.25) is 5.79 Å². The molecule has 2 aromatic carbocycles. The first-order valence-electron chi connectivity index (χ1n) is 11.8. The van der Waals surface area contributed by atoms with E-state index in [2.05, 4.69) is 17.2 Å². The van der Waals surface area contributed by atoms with Crippen molar-refractivity contribution in [1.29, 1.82) is 0 Å². The van der Waals surface area contributed by atoms with Crippen molar-refractivity contribution in [2.45, 2.75) is 43.6 Å². The topological polar surface area (TPSA) is 83.8 Å². The van der Waals surface area contributed by atoms with Crippen molar-refractivity contribution in [2.24, 2.45) is 0 Å². The molecule has 0 spiro atoms. The Bertz CT molecular complexity index is 1060. The van der Waals surface area contributed by atoms with E-state index in [0.717, 1.165) is 28.4 Å². The molecule has 2 unspecified atom stereocenters. The van der Waals surface area contributed by atoms with E-state index in [1.807, 2.05) is 59.3 Å². The number of carbonyl (C=O) groups is 1. The van der Waals surface area contributed by atoms with Crippen LogP contribution in [0.5, 0.6) is 5.75 Å². The molecule has 0 radical (unpaired) electrons. The monoisotopic (exact) mass is 497 g/mol. The third kappa shape index (κ3) is 6.78. The average molecular weight is 498 g/mol. The third-order valence-corrected chi connectivity index (χ3v) is 6.53. The molecule has 2 heterocycles. The van der Waals surface area contributed by atoms with E-state index in [1.165, 1.54) is 0 Å². The molecular formula is C26H31N3O5S. The summed E-state index contributed by atoms with van der Waals surface area (Å²) in [4.78, 5) is 16.8. The smallest absolute Gasteiger partial charge is 0.411 e. The second-order valence-electron chi connectivity index (χ2n) is 8.09. The lowest BCUT2D eigenvalue weighted by Gasteiger charge is -2.29. The Morgan fingerprint density at radius 1 is 1.20 bits per heavy atom. The van der Waals surface area contributed by atoms with Crippen molar-refractivity contribution in [1.82, 2.24) is 9.55 Å². The maximum atomic E-state index is 11.6. The summed E-state index contributed by atoms with van der Waals surface area (Å²) >= 11 is 1.68. The van der Waals surface area contributed by atoms with Gasteiger partial charge in [-0.3, -0.25) is 5.32 Å². The van der Waals surface area contributed by atoms with Gasteiger partial charge in [-0.25, -0.2) is 9.78 Å². The first-order chi connectivity index (χ1) is 17.1. The van der Waals surface area contributed by atoms with Crippen LogP contribution in [0.3, 0.4) is 0 Å². The van der Waals surface area contributed by atoms with Gasteiger partial charge in [0.15, 0.2) is 0 Å². The summed E-state index contributed by atoms with van der Waals surface area (Å²) in [5, 5.41) is 2.70. The SMILES string of the molecule is CCCOc1ccc(C2(Cn3ccnc3)OCC(CSc3ccc(NC(=O)OCC)cc3)O2)cc1. The first kappa shape index (κ1) is 25.1. The summed E-state index contributed by atoms with van der Waals surface area (Å²) in [7, 11) is 0. The molecule has 1 aliphatic rings. The number of amides is 1. The highest BCUT2D eigenvalue weighted by molar-refractivity contribution is 7.99. The van der Waals surface area contributed by atoms with Gasteiger partial charge in [0, 0.05) is 34.3 Å². The lowest BCUT2D eigenvalue weighted by molar-refractivity contribution is -0.184. The van der Waals surface area contributed by atoms with Gasteiger partial charge in [0.25, 0.3) is 0 Å². The number of benzene rings is 2. The summed E-state index contributed by atoms with van der Waals surface area (Å²) in [6, 6.07) is 15.6. The molecule has 2 atom stereocenters. The molecule has 0 saturated carbocycles.